The molecule has 12 heteroatoms. The number of carbonyl (C=O) groups is 4. The van der Waals surface area contributed by atoms with Crippen LogP contribution in [-0.4, -0.2) is 98.3 Å². The number of para-hydroxylation sites is 1. The zero-order chi connectivity index (χ0) is 30.9. The smallest absolute Gasteiger partial charge is 0.409 e. The third-order valence-electron chi connectivity index (χ3n) is 7.09. The number of esters is 1. The van der Waals surface area contributed by atoms with Crippen molar-refractivity contribution in [1.82, 2.24) is 20.1 Å². The van der Waals surface area contributed by atoms with Crippen LogP contribution in [0.3, 0.4) is 0 Å². The van der Waals surface area contributed by atoms with Crippen LogP contribution < -0.4 is 14.8 Å². The van der Waals surface area contributed by atoms with E-state index in [0.29, 0.717) is 16.8 Å². The Labute approximate surface area is 249 Å². The van der Waals surface area contributed by atoms with Gasteiger partial charge in [-0.05, 0) is 37.6 Å². The van der Waals surface area contributed by atoms with Gasteiger partial charge in [0.1, 0.15) is 28.8 Å². The van der Waals surface area contributed by atoms with Crippen LogP contribution in [0.1, 0.15) is 40.3 Å². The number of piperazine rings is 1. The molecule has 0 spiro atoms. The Hall–Kier alpha value is -4.87. The summed E-state index contributed by atoms with van der Waals surface area (Å²) < 4.78 is 21.3. The molecule has 0 saturated carbocycles. The summed E-state index contributed by atoms with van der Waals surface area (Å²) in [4.78, 5) is 60.3. The van der Waals surface area contributed by atoms with Crippen molar-refractivity contribution < 1.29 is 38.1 Å². The molecular weight excluding hydrogens is 556 g/mol. The number of pyridine rings is 1. The molecule has 2 heterocycles. The van der Waals surface area contributed by atoms with Gasteiger partial charge in [-0.15, -0.1) is 0 Å². The van der Waals surface area contributed by atoms with Gasteiger partial charge >= 0.3 is 12.1 Å². The molecule has 228 valence electrons. The van der Waals surface area contributed by atoms with Gasteiger partial charge in [-0.1, -0.05) is 24.3 Å². The molecule has 0 radical (unpaired) electrons. The summed E-state index contributed by atoms with van der Waals surface area (Å²) in [6, 6.07) is 12.7. The molecule has 3 aromatic rings. The van der Waals surface area contributed by atoms with Crippen molar-refractivity contribution in [3.05, 3.63) is 65.4 Å². The van der Waals surface area contributed by atoms with Crippen molar-refractivity contribution in [2.24, 2.45) is 0 Å². The number of carbonyl (C=O) groups excluding carboxylic acids is 4. The highest BCUT2D eigenvalue weighted by Gasteiger charge is 2.33. The molecule has 43 heavy (non-hydrogen) atoms. The number of fused-ring (bicyclic) bond motifs is 1. The second kappa shape index (κ2) is 14.3. The molecule has 0 bridgehead atoms. The van der Waals surface area contributed by atoms with E-state index in [1.807, 2.05) is 12.1 Å². The average Bonchev–Trinajstić information content (AvgIpc) is 3.03. The summed E-state index contributed by atoms with van der Waals surface area (Å²) in [6.07, 6.45) is -0.468. The van der Waals surface area contributed by atoms with Crippen molar-refractivity contribution in [3.63, 3.8) is 0 Å². The maximum absolute atomic E-state index is 14.0. The van der Waals surface area contributed by atoms with E-state index in [9.17, 15) is 19.2 Å². The van der Waals surface area contributed by atoms with Crippen LogP contribution >= 0.6 is 0 Å². The first kappa shape index (κ1) is 31.1. The largest absolute Gasteiger partial charge is 0.496 e. The Kier molecular flexibility index (Phi) is 10.4. The van der Waals surface area contributed by atoms with Crippen molar-refractivity contribution in [3.8, 4) is 11.5 Å². The Morgan fingerprint density at radius 2 is 1.53 bits per heavy atom. The summed E-state index contributed by atoms with van der Waals surface area (Å²) in [5.41, 5.74) is 1.27. The number of hydrogen-bond acceptors (Lipinski definition) is 9. The standard InChI is InChI=1S/C31H36N4O8/c1-5-42-30(38)27-20(10-9-13-25(27)40-3)18-24(29(37)34-14-16-35(17-15-34)31(39)43-6-2)33-28(36)23-19-26(41-4)21-11-7-8-12-22(21)32-23/h7-13,19,24H,5-6,14-18H2,1-4H3,(H,33,36). The van der Waals surface area contributed by atoms with Gasteiger partial charge in [-0.2, -0.15) is 0 Å². The Morgan fingerprint density at radius 3 is 2.21 bits per heavy atom. The van der Waals surface area contributed by atoms with Crippen LogP contribution in [0, 0.1) is 0 Å². The number of amides is 3. The van der Waals surface area contributed by atoms with E-state index in [2.05, 4.69) is 10.3 Å². The molecule has 1 aliphatic rings. The number of aromatic nitrogens is 1. The van der Waals surface area contributed by atoms with Gasteiger partial charge in [0.25, 0.3) is 5.91 Å². The number of hydrogen-bond donors (Lipinski definition) is 1. The first-order valence-corrected chi connectivity index (χ1v) is 14.1. The maximum Gasteiger partial charge on any atom is 0.409 e. The molecule has 1 aromatic heterocycles. The number of benzene rings is 2. The van der Waals surface area contributed by atoms with Gasteiger partial charge < -0.3 is 34.1 Å². The summed E-state index contributed by atoms with van der Waals surface area (Å²) >= 11 is 0. The lowest BCUT2D eigenvalue weighted by Gasteiger charge is -2.36. The van der Waals surface area contributed by atoms with Gasteiger partial charge in [0, 0.05) is 44.1 Å². The van der Waals surface area contributed by atoms with E-state index in [4.69, 9.17) is 18.9 Å². The first-order chi connectivity index (χ1) is 20.8. The average molecular weight is 593 g/mol. The predicted octanol–water partition coefficient (Wildman–Crippen LogP) is 3.07. The van der Waals surface area contributed by atoms with Gasteiger partial charge in [-0.3, -0.25) is 9.59 Å². The van der Waals surface area contributed by atoms with Crippen LogP contribution in [0.5, 0.6) is 11.5 Å². The normalized spacial score (nSPS) is 13.7. The molecule has 0 aliphatic carbocycles. The summed E-state index contributed by atoms with van der Waals surface area (Å²) in [7, 11) is 2.94. The molecule has 1 aliphatic heterocycles. The number of nitrogens with one attached hydrogen (secondary N) is 1. The van der Waals surface area contributed by atoms with Crippen molar-refractivity contribution in [2.75, 3.05) is 53.6 Å². The lowest BCUT2D eigenvalue weighted by molar-refractivity contribution is -0.134. The quantitative estimate of drug-likeness (QED) is 0.352. The number of methoxy groups -OCH3 is 2. The minimum atomic E-state index is -1.08. The van der Waals surface area contributed by atoms with Crippen LogP contribution in [0.4, 0.5) is 4.79 Å². The molecule has 4 rings (SSSR count). The van der Waals surface area contributed by atoms with Crippen molar-refractivity contribution >= 4 is 34.8 Å². The zero-order valence-electron chi connectivity index (χ0n) is 24.8. The third-order valence-corrected chi connectivity index (χ3v) is 7.09. The van der Waals surface area contributed by atoms with Gasteiger partial charge in [0.2, 0.25) is 5.91 Å². The van der Waals surface area contributed by atoms with E-state index in [-0.39, 0.29) is 68.7 Å². The molecule has 1 unspecified atom stereocenters. The molecular formula is C31H36N4O8. The maximum atomic E-state index is 14.0. The minimum Gasteiger partial charge on any atom is -0.496 e. The molecule has 2 aromatic carbocycles. The molecule has 1 saturated heterocycles. The highest BCUT2D eigenvalue weighted by Crippen LogP contribution is 2.27. The van der Waals surface area contributed by atoms with E-state index in [1.165, 1.54) is 25.2 Å². The highest BCUT2D eigenvalue weighted by molar-refractivity contribution is 6.00. The van der Waals surface area contributed by atoms with Crippen LogP contribution in [0.15, 0.2) is 48.5 Å². The zero-order valence-corrected chi connectivity index (χ0v) is 24.8. The van der Waals surface area contributed by atoms with Crippen molar-refractivity contribution in [1.29, 1.82) is 0 Å². The number of ether oxygens (including phenoxy) is 4. The molecule has 1 N–H and O–H groups in total. The fourth-order valence-electron chi connectivity index (χ4n) is 4.98. The second-order valence-electron chi connectivity index (χ2n) is 9.68. The fourth-order valence-corrected chi connectivity index (χ4v) is 4.98. The van der Waals surface area contributed by atoms with E-state index in [1.54, 1.807) is 49.1 Å². The molecule has 1 fully saturated rings. The first-order valence-electron chi connectivity index (χ1n) is 14.1. The third kappa shape index (κ3) is 7.14. The van der Waals surface area contributed by atoms with Crippen LogP contribution in [0.25, 0.3) is 10.9 Å². The Morgan fingerprint density at radius 1 is 0.860 bits per heavy atom. The van der Waals surface area contributed by atoms with E-state index < -0.39 is 24.0 Å². The molecule has 1 atom stereocenters. The van der Waals surface area contributed by atoms with Gasteiger partial charge in [0.05, 0.1) is 33.0 Å². The van der Waals surface area contributed by atoms with E-state index in [0.717, 1.165) is 5.39 Å². The topological polar surface area (TPSA) is 137 Å². The van der Waals surface area contributed by atoms with Gasteiger partial charge in [0.15, 0.2) is 0 Å². The van der Waals surface area contributed by atoms with Crippen LogP contribution in [0.2, 0.25) is 0 Å². The second-order valence-corrected chi connectivity index (χ2v) is 9.68. The van der Waals surface area contributed by atoms with E-state index >= 15 is 0 Å². The summed E-state index contributed by atoms with van der Waals surface area (Å²) in [5, 5.41) is 3.58. The SMILES string of the molecule is CCOC(=O)c1c(CC(NC(=O)c2cc(OC)c3ccccc3n2)C(=O)N2CCN(C(=O)OCC)CC2)cccc1OC. The number of nitrogens with zero attached hydrogens (tertiary/aromatic N) is 3. The lowest BCUT2D eigenvalue weighted by Crippen LogP contribution is -2.56. The highest BCUT2D eigenvalue weighted by atomic mass is 16.6. The summed E-state index contributed by atoms with van der Waals surface area (Å²) in [6.45, 7) is 4.88. The van der Waals surface area contributed by atoms with Crippen molar-refractivity contribution in [2.45, 2.75) is 26.3 Å². The monoisotopic (exact) mass is 592 g/mol. The lowest BCUT2D eigenvalue weighted by atomic mass is 9.98. The number of rotatable bonds is 10. The molecule has 3 amide bonds. The molecule has 12 nitrogen and oxygen atoms in total. The fraction of sp³-hybridized carbons (Fsp3) is 0.387. The predicted molar refractivity (Wildman–Crippen MR) is 157 cm³/mol. The van der Waals surface area contributed by atoms with Gasteiger partial charge in [-0.25, -0.2) is 14.6 Å². The summed E-state index contributed by atoms with van der Waals surface area (Å²) in [5.74, 6) is -0.810. The Bertz CT molecular complexity index is 1490. The van der Waals surface area contributed by atoms with Crippen LogP contribution in [-0.2, 0) is 20.7 Å². The minimum absolute atomic E-state index is 0.0290. The Balaban J connectivity index is 1.66.